The fourth-order valence-corrected chi connectivity index (χ4v) is 2.35. The molecule has 1 saturated heterocycles. The van der Waals surface area contributed by atoms with Crippen LogP contribution >= 0.6 is 0 Å². The van der Waals surface area contributed by atoms with Gasteiger partial charge in [-0.1, -0.05) is 17.7 Å². The quantitative estimate of drug-likeness (QED) is 0.858. The zero-order valence-corrected chi connectivity index (χ0v) is 10.9. The highest BCUT2D eigenvalue weighted by Gasteiger charge is 2.17. The fraction of sp³-hybridized carbons (Fsp3) is 0.571. The summed E-state index contributed by atoms with van der Waals surface area (Å²) in [5.41, 5.74) is 8.50. The highest BCUT2D eigenvalue weighted by atomic mass is 15.3. The number of nitrogens with two attached hydrogens (primary N) is 1. The van der Waals surface area contributed by atoms with E-state index in [0.29, 0.717) is 0 Å². The molecular weight excluding hydrogens is 210 g/mol. The Morgan fingerprint density at radius 3 is 2.24 bits per heavy atom. The molecule has 0 aliphatic carbocycles. The molecule has 3 heteroatoms. The van der Waals surface area contributed by atoms with Gasteiger partial charge in [0.15, 0.2) is 0 Å². The Balaban J connectivity index is 1.88. The molecule has 1 aliphatic heterocycles. The number of hydrogen-bond acceptors (Lipinski definition) is 3. The number of rotatable bonds is 3. The van der Waals surface area contributed by atoms with Gasteiger partial charge in [0.25, 0.3) is 0 Å². The number of hydrogen-bond donors (Lipinski definition) is 1. The fourth-order valence-electron chi connectivity index (χ4n) is 2.35. The summed E-state index contributed by atoms with van der Waals surface area (Å²) in [7, 11) is 0. The maximum absolute atomic E-state index is 5.83. The van der Waals surface area contributed by atoms with Crippen LogP contribution in [0, 0.1) is 6.92 Å². The third kappa shape index (κ3) is 3.45. The largest absolute Gasteiger partial charge is 0.369 e. The van der Waals surface area contributed by atoms with Gasteiger partial charge < -0.3 is 10.6 Å². The van der Waals surface area contributed by atoms with Crippen LogP contribution in [0.15, 0.2) is 24.3 Å². The minimum Gasteiger partial charge on any atom is -0.369 e. The lowest BCUT2D eigenvalue weighted by Crippen LogP contribution is -2.49. The van der Waals surface area contributed by atoms with Crippen LogP contribution in [0.25, 0.3) is 0 Å². The molecule has 1 fully saturated rings. The van der Waals surface area contributed by atoms with Crippen molar-refractivity contribution >= 4 is 5.69 Å². The summed E-state index contributed by atoms with van der Waals surface area (Å²) in [6.07, 6.45) is 0. The second kappa shape index (κ2) is 5.52. The summed E-state index contributed by atoms with van der Waals surface area (Å²) >= 11 is 0. The van der Waals surface area contributed by atoms with Crippen LogP contribution in [0.3, 0.4) is 0 Å². The van der Waals surface area contributed by atoms with Gasteiger partial charge in [0.05, 0.1) is 0 Å². The molecular formula is C14H23N3. The molecule has 0 aromatic heterocycles. The Morgan fingerprint density at radius 1 is 1.12 bits per heavy atom. The first-order chi connectivity index (χ1) is 8.15. The first kappa shape index (κ1) is 12.4. The van der Waals surface area contributed by atoms with E-state index in [0.717, 1.165) is 32.7 Å². The third-order valence-corrected chi connectivity index (χ3v) is 3.32. The van der Waals surface area contributed by atoms with E-state index in [1.54, 1.807) is 0 Å². The van der Waals surface area contributed by atoms with Crippen molar-refractivity contribution in [3.05, 3.63) is 29.8 Å². The molecule has 1 aromatic carbocycles. The van der Waals surface area contributed by atoms with E-state index in [-0.39, 0.29) is 6.04 Å². The molecule has 17 heavy (non-hydrogen) atoms. The number of anilines is 1. The maximum atomic E-state index is 5.83. The Labute approximate surface area is 104 Å². The van der Waals surface area contributed by atoms with Gasteiger partial charge >= 0.3 is 0 Å². The molecule has 2 N–H and O–H groups in total. The topological polar surface area (TPSA) is 32.5 Å². The average Bonchev–Trinajstić information content (AvgIpc) is 2.30. The normalized spacial score (nSPS) is 19.4. The van der Waals surface area contributed by atoms with E-state index >= 15 is 0 Å². The molecule has 0 bridgehead atoms. The van der Waals surface area contributed by atoms with Crippen molar-refractivity contribution in [3.63, 3.8) is 0 Å². The van der Waals surface area contributed by atoms with E-state index < -0.39 is 0 Å². The monoisotopic (exact) mass is 233 g/mol. The first-order valence-corrected chi connectivity index (χ1v) is 6.45. The number of aryl methyl sites for hydroxylation is 1. The summed E-state index contributed by atoms with van der Waals surface area (Å²) in [6, 6.07) is 9.08. The molecule has 94 valence electrons. The summed E-state index contributed by atoms with van der Waals surface area (Å²) in [5, 5.41) is 0. The molecule has 0 saturated carbocycles. The second-order valence-electron chi connectivity index (χ2n) is 5.10. The zero-order valence-electron chi connectivity index (χ0n) is 10.9. The number of piperazine rings is 1. The van der Waals surface area contributed by atoms with Crippen molar-refractivity contribution in [1.82, 2.24) is 4.90 Å². The van der Waals surface area contributed by atoms with Crippen molar-refractivity contribution in [1.29, 1.82) is 0 Å². The lowest BCUT2D eigenvalue weighted by atomic mass is 10.2. The van der Waals surface area contributed by atoms with Crippen molar-refractivity contribution in [2.24, 2.45) is 5.73 Å². The third-order valence-electron chi connectivity index (χ3n) is 3.32. The zero-order chi connectivity index (χ0) is 12.3. The molecule has 0 amide bonds. The van der Waals surface area contributed by atoms with Crippen LogP contribution in [-0.2, 0) is 0 Å². The standard InChI is InChI=1S/C14H23N3/c1-12-3-5-14(6-4-12)17-9-7-16(8-10-17)11-13(2)15/h3-6,13H,7-11,15H2,1-2H3/t13-/m0/s1. The molecule has 1 atom stereocenters. The predicted octanol–water partition coefficient (Wildman–Crippen LogP) is 1.46. The smallest absolute Gasteiger partial charge is 0.0367 e. The van der Waals surface area contributed by atoms with Gasteiger partial charge in [0.2, 0.25) is 0 Å². The van der Waals surface area contributed by atoms with Crippen LogP contribution < -0.4 is 10.6 Å². The summed E-state index contributed by atoms with van der Waals surface area (Å²) < 4.78 is 0. The van der Waals surface area contributed by atoms with Crippen LogP contribution in [0.1, 0.15) is 12.5 Å². The van der Waals surface area contributed by atoms with Crippen molar-refractivity contribution < 1.29 is 0 Å². The molecule has 3 nitrogen and oxygen atoms in total. The first-order valence-electron chi connectivity index (χ1n) is 6.45. The van der Waals surface area contributed by atoms with E-state index in [4.69, 9.17) is 5.73 Å². The Morgan fingerprint density at radius 2 is 1.71 bits per heavy atom. The van der Waals surface area contributed by atoms with Gasteiger partial charge in [-0.2, -0.15) is 0 Å². The lowest BCUT2D eigenvalue weighted by Gasteiger charge is -2.36. The number of benzene rings is 1. The van der Waals surface area contributed by atoms with Crippen LogP contribution in [0.2, 0.25) is 0 Å². The highest BCUT2D eigenvalue weighted by molar-refractivity contribution is 5.47. The summed E-state index contributed by atoms with van der Waals surface area (Å²) in [5.74, 6) is 0. The van der Waals surface area contributed by atoms with E-state index in [1.165, 1.54) is 11.3 Å². The molecule has 0 unspecified atom stereocenters. The molecule has 0 spiro atoms. The van der Waals surface area contributed by atoms with Crippen molar-refractivity contribution in [2.75, 3.05) is 37.6 Å². The van der Waals surface area contributed by atoms with Crippen LogP contribution in [0.5, 0.6) is 0 Å². The predicted molar refractivity (Wildman–Crippen MR) is 73.5 cm³/mol. The Bertz CT molecular complexity index is 337. The van der Waals surface area contributed by atoms with Crippen LogP contribution in [-0.4, -0.2) is 43.7 Å². The second-order valence-corrected chi connectivity index (χ2v) is 5.10. The van der Waals surface area contributed by atoms with Gasteiger partial charge in [0, 0.05) is 44.5 Å². The molecule has 1 aliphatic rings. The van der Waals surface area contributed by atoms with Gasteiger partial charge in [-0.25, -0.2) is 0 Å². The van der Waals surface area contributed by atoms with E-state index in [1.807, 2.05) is 0 Å². The molecule has 0 radical (unpaired) electrons. The Hall–Kier alpha value is -1.06. The Kier molecular flexibility index (Phi) is 4.02. The van der Waals surface area contributed by atoms with E-state index in [2.05, 4.69) is 47.9 Å². The van der Waals surface area contributed by atoms with Gasteiger partial charge in [-0.3, -0.25) is 4.90 Å². The van der Waals surface area contributed by atoms with Crippen molar-refractivity contribution in [3.8, 4) is 0 Å². The summed E-state index contributed by atoms with van der Waals surface area (Å²) in [4.78, 5) is 4.91. The van der Waals surface area contributed by atoms with Gasteiger partial charge in [-0.05, 0) is 26.0 Å². The lowest BCUT2D eigenvalue weighted by molar-refractivity contribution is 0.247. The van der Waals surface area contributed by atoms with Crippen LogP contribution in [0.4, 0.5) is 5.69 Å². The summed E-state index contributed by atoms with van der Waals surface area (Å²) in [6.45, 7) is 9.68. The number of nitrogens with zero attached hydrogens (tertiary/aromatic N) is 2. The maximum Gasteiger partial charge on any atom is 0.0367 e. The van der Waals surface area contributed by atoms with Gasteiger partial charge in [0.1, 0.15) is 0 Å². The van der Waals surface area contributed by atoms with Gasteiger partial charge in [-0.15, -0.1) is 0 Å². The molecule has 1 heterocycles. The van der Waals surface area contributed by atoms with Crippen molar-refractivity contribution in [2.45, 2.75) is 19.9 Å². The minimum absolute atomic E-state index is 0.279. The SMILES string of the molecule is Cc1ccc(N2CCN(C[C@H](C)N)CC2)cc1. The van der Waals surface area contributed by atoms with E-state index in [9.17, 15) is 0 Å². The minimum atomic E-state index is 0.279. The molecule has 2 rings (SSSR count). The highest BCUT2D eigenvalue weighted by Crippen LogP contribution is 2.16. The average molecular weight is 233 g/mol. The molecule has 1 aromatic rings.